The van der Waals surface area contributed by atoms with Crippen molar-refractivity contribution in [2.75, 3.05) is 11.5 Å². The number of carbonyl (C=O) groups excluding carboxylic acids is 2. The van der Waals surface area contributed by atoms with Crippen molar-refractivity contribution in [3.05, 3.63) is 65.5 Å². The van der Waals surface area contributed by atoms with Gasteiger partial charge in [-0.3, -0.25) is 9.59 Å². The average Bonchev–Trinajstić information content (AvgIpc) is 3.31. The van der Waals surface area contributed by atoms with Crippen LogP contribution in [0.4, 0.5) is 10.1 Å². The van der Waals surface area contributed by atoms with Crippen molar-refractivity contribution in [3.8, 4) is 0 Å². The fourth-order valence-corrected chi connectivity index (χ4v) is 4.69. The van der Waals surface area contributed by atoms with E-state index in [9.17, 15) is 14.0 Å². The fraction of sp³-hybridized carbons (Fsp3) is 0.391. The smallest absolute Gasteiger partial charge is 0.317 e. The zero-order chi connectivity index (χ0) is 19.7. The number of halogens is 1. The molecular formula is C23H24FNO3. The molecule has 1 amide bonds. The van der Waals surface area contributed by atoms with Crippen LogP contribution in [0.25, 0.3) is 0 Å². The third kappa shape index (κ3) is 3.09. The number of esters is 1. The molecule has 28 heavy (non-hydrogen) atoms. The van der Waals surface area contributed by atoms with E-state index in [4.69, 9.17) is 4.74 Å². The molecule has 0 N–H and O–H groups in total. The Morgan fingerprint density at radius 1 is 1.11 bits per heavy atom. The Hall–Kier alpha value is -2.69. The third-order valence-electron chi connectivity index (χ3n) is 6.04. The summed E-state index contributed by atoms with van der Waals surface area (Å²) >= 11 is 0. The Bertz CT molecular complexity index is 904. The van der Waals surface area contributed by atoms with Crippen molar-refractivity contribution in [1.82, 2.24) is 0 Å². The number of rotatable bonds is 4. The van der Waals surface area contributed by atoms with E-state index in [-0.39, 0.29) is 18.6 Å². The van der Waals surface area contributed by atoms with E-state index < -0.39 is 17.2 Å². The SMILES string of the molecule is C[C@H]1Cc2ccccc2N1C(=O)COC(=O)C1(c2ccccc2F)CCCC1. The number of hydrogen-bond donors (Lipinski definition) is 0. The normalized spacial score (nSPS) is 20.1. The van der Waals surface area contributed by atoms with Crippen LogP contribution in [0.5, 0.6) is 0 Å². The molecule has 4 nitrogen and oxygen atoms in total. The van der Waals surface area contributed by atoms with E-state index in [1.54, 1.807) is 23.1 Å². The monoisotopic (exact) mass is 381 g/mol. The Morgan fingerprint density at radius 2 is 1.79 bits per heavy atom. The molecule has 1 aliphatic carbocycles. The van der Waals surface area contributed by atoms with Gasteiger partial charge in [0, 0.05) is 17.3 Å². The van der Waals surface area contributed by atoms with E-state index in [1.165, 1.54) is 6.07 Å². The predicted molar refractivity (Wildman–Crippen MR) is 105 cm³/mol. The maximum absolute atomic E-state index is 14.4. The van der Waals surface area contributed by atoms with Crippen LogP contribution < -0.4 is 4.90 Å². The second-order valence-electron chi connectivity index (χ2n) is 7.79. The van der Waals surface area contributed by atoms with Gasteiger partial charge in [-0.15, -0.1) is 0 Å². The van der Waals surface area contributed by atoms with Gasteiger partial charge in [0.15, 0.2) is 6.61 Å². The van der Waals surface area contributed by atoms with E-state index in [1.807, 2.05) is 31.2 Å². The summed E-state index contributed by atoms with van der Waals surface area (Å²) in [5.41, 5.74) is 1.39. The van der Waals surface area contributed by atoms with Gasteiger partial charge in [-0.1, -0.05) is 49.2 Å². The zero-order valence-electron chi connectivity index (χ0n) is 16.0. The quantitative estimate of drug-likeness (QED) is 0.747. The molecule has 2 aromatic rings. The first-order chi connectivity index (χ1) is 13.5. The summed E-state index contributed by atoms with van der Waals surface area (Å²) in [5, 5.41) is 0. The highest BCUT2D eigenvalue weighted by molar-refractivity contribution is 5.98. The lowest BCUT2D eigenvalue weighted by Crippen LogP contribution is -2.41. The topological polar surface area (TPSA) is 46.6 Å². The molecule has 1 heterocycles. The van der Waals surface area contributed by atoms with Crippen LogP contribution in [0.3, 0.4) is 0 Å². The van der Waals surface area contributed by atoms with Crippen LogP contribution in [0.2, 0.25) is 0 Å². The first kappa shape index (κ1) is 18.7. The van der Waals surface area contributed by atoms with Crippen LogP contribution >= 0.6 is 0 Å². The van der Waals surface area contributed by atoms with Crippen molar-refractivity contribution in [2.24, 2.45) is 0 Å². The third-order valence-corrected chi connectivity index (χ3v) is 6.04. The molecule has 0 saturated heterocycles. The van der Waals surface area contributed by atoms with Gasteiger partial charge in [0.2, 0.25) is 0 Å². The molecule has 1 fully saturated rings. The summed E-state index contributed by atoms with van der Waals surface area (Å²) < 4.78 is 19.9. The van der Waals surface area contributed by atoms with Crippen molar-refractivity contribution in [1.29, 1.82) is 0 Å². The molecular weight excluding hydrogens is 357 g/mol. The van der Waals surface area contributed by atoms with E-state index in [2.05, 4.69) is 0 Å². The van der Waals surface area contributed by atoms with Crippen LogP contribution in [0.1, 0.15) is 43.7 Å². The average molecular weight is 381 g/mol. The lowest BCUT2D eigenvalue weighted by Gasteiger charge is -2.28. The first-order valence-electron chi connectivity index (χ1n) is 9.85. The van der Waals surface area contributed by atoms with Gasteiger partial charge in [0.25, 0.3) is 5.91 Å². The van der Waals surface area contributed by atoms with Gasteiger partial charge in [0.05, 0.1) is 5.41 Å². The second kappa shape index (κ2) is 7.38. The van der Waals surface area contributed by atoms with Crippen LogP contribution in [0.15, 0.2) is 48.5 Å². The predicted octanol–water partition coefficient (Wildman–Crippen LogP) is 4.16. The minimum atomic E-state index is -0.986. The highest BCUT2D eigenvalue weighted by atomic mass is 19.1. The first-order valence-corrected chi connectivity index (χ1v) is 9.85. The van der Waals surface area contributed by atoms with Gasteiger partial charge < -0.3 is 9.64 Å². The molecule has 0 radical (unpaired) electrons. The molecule has 0 spiro atoms. The molecule has 2 aromatic carbocycles. The number of benzene rings is 2. The molecule has 146 valence electrons. The van der Waals surface area contributed by atoms with Crippen molar-refractivity contribution in [2.45, 2.75) is 50.5 Å². The van der Waals surface area contributed by atoms with E-state index in [0.717, 1.165) is 30.5 Å². The zero-order valence-corrected chi connectivity index (χ0v) is 16.0. The Balaban J connectivity index is 1.51. The number of hydrogen-bond acceptors (Lipinski definition) is 3. The molecule has 1 aliphatic heterocycles. The number of anilines is 1. The minimum Gasteiger partial charge on any atom is -0.455 e. The molecule has 5 heteroatoms. The number of para-hydroxylation sites is 1. The number of ether oxygens (including phenoxy) is 1. The number of nitrogens with zero attached hydrogens (tertiary/aromatic N) is 1. The number of carbonyl (C=O) groups is 2. The Morgan fingerprint density at radius 3 is 2.54 bits per heavy atom. The molecule has 0 unspecified atom stereocenters. The lowest BCUT2D eigenvalue weighted by atomic mass is 9.78. The second-order valence-corrected chi connectivity index (χ2v) is 7.79. The maximum Gasteiger partial charge on any atom is 0.317 e. The van der Waals surface area contributed by atoms with E-state index >= 15 is 0 Å². The minimum absolute atomic E-state index is 0.0237. The van der Waals surface area contributed by atoms with Gasteiger partial charge >= 0.3 is 5.97 Å². The van der Waals surface area contributed by atoms with Crippen LogP contribution in [-0.2, 0) is 26.2 Å². The van der Waals surface area contributed by atoms with Crippen molar-refractivity contribution < 1.29 is 18.7 Å². The fourth-order valence-electron chi connectivity index (χ4n) is 4.69. The summed E-state index contributed by atoms with van der Waals surface area (Å²) in [7, 11) is 0. The van der Waals surface area contributed by atoms with Gasteiger partial charge in [-0.2, -0.15) is 0 Å². The summed E-state index contributed by atoms with van der Waals surface area (Å²) in [5.74, 6) is -1.13. The maximum atomic E-state index is 14.4. The largest absolute Gasteiger partial charge is 0.455 e. The molecule has 0 aromatic heterocycles. The lowest BCUT2D eigenvalue weighted by molar-refractivity contribution is -0.154. The molecule has 2 aliphatic rings. The number of amides is 1. The Kier molecular flexibility index (Phi) is 4.92. The Labute approximate surface area is 164 Å². The van der Waals surface area contributed by atoms with Crippen molar-refractivity contribution in [3.63, 3.8) is 0 Å². The molecule has 4 rings (SSSR count). The summed E-state index contributed by atoms with van der Waals surface area (Å²) in [6.45, 7) is 1.66. The summed E-state index contributed by atoms with van der Waals surface area (Å²) in [4.78, 5) is 27.5. The number of fused-ring (bicyclic) bond motifs is 1. The highest BCUT2D eigenvalue weighted by Gasteiger charge is 2.46. The molecule has 0 bridgehead atoms. The molecule has 1 atom stereocenters. The molecule has 1 saturated carbocycles. The standard InChI is InChI=1S/C23H24FNO3/c1-16-14-17-8-2-5-11-20(17)25(16)21(26)15-28-22(27)23(12-6-7-13-23)18-9-3-4-10-19(18)24/h2-5,8-11,16H,6-7,12-15H2,1H3/t16-/m0/s1. The van der Waals surface area contributed by atoms with Gasteiger partial charge in [-0.05, 0) is 43.9 Å². The van der Waals surface area contributed by atoms with Crippen LogP contribution in [-0.4, -0.2) is 24.5 Å². The summed E-state index contributed by atoms with van der Waals surface area (Å²) in [6, 6.07) is 14.2. The highest BCUT2D eigenvalue weighted by Crippen LogP contribution is 2.43. The van der Waals surface area contributed by atoms with Crippen LogP contribution in [0, 0.1) is 5.82 Å². The van der Waals surface area contributed by atoms with Gasteiger partial charge in [-0.25, -0.2) is 4.39 Å². The van der Waals surface area contributed by atoms with Gasteiger partial charge in [0.1, 0.15) is 5.82 Å². The summed E-state index contributed by atoms with van der Waals surface area (Å²) in [6.07, 6.45) is 3.56. The van der Waals surface area contributed by atoms with Crippen molar-refractivity contribution >= 4 is 17.6 Å². The van der Waals surface area contributed by atoms with E-state index in [0.29, 0.717) is 18.4 Å².